The van der Waals surface area contributed by atoms with Crippen LogP contribution in [0.5, 0.6) is 0 Å². The van der Waals surface area contributed by atoms with Crippen LogP contribution in [-0.4, -0.2) is 37.8 Å². The number of nitrogens with zero attached hydrogens (tertiary/aromatic N) is 3. The number of rotatable bonds is 6. The summed E-state index contributed by atoms with van der Waals surface area (Å²) in [5, 5.41) is 13.3. The van der Waals surface area contributed by atoms with Crippen LogP contribution in [0.2, 0.25) is 0 Å². The van der Waals surface area contributed by atoms with Crippen molar-refractivity contribution >= 4 is 17.3 Å². The average Bonchev–Trinajstić information content (AvgIpc) is 3.27. The minimum absolute atomic E-state index is 0.0311. The maximum atomic E-state index is 13.3. The Morgan fingerprint density at radius 3 is 2.58 bits per heavy atom. The van der Waals surface area contributed by atoms with Crippen molar-refractivity contribution in [3.8, 4) is 5.69 Å². The van der Waals surface area contributed by atoms with Crippen LogP contribution in [0.25, 0.3) is 5.69 Å². The second-order valence-electron chi connectivity index (χ2n) is 8.11. The van der Waals surface area contributed by atoms with Gasteiger partial charge in [0, 0.05) is 36.4 Å². The molecule has 4 rings (SSSR count). The number of aryl methyl sites for hydroxylation is 1. The van der Waals surface area contributed by atoms with Crippen LogP contribution in [-0.2, 0) is 6.18 Å². The van der Waals surface area contributed by atoms with Crippen LogP contribution in [0, 0.1) is 13.8 Å². The smallest absolute Gasteiger partial charge is 0.396 e. The highest BCUT2D eigenvalue weighted by molar-refractivity contribution is 7.80. The molecule has 0 bridgehead atoms. The minimum atomic E-state index is -4.42. The number of aliphatic hydroxyl groups is 1. The molecule has 33 heavy (non-hydrogen) atoms. The Labute approximate surface area is 195 Å². The van der Waals surface area contributed by atoms with E-state index in [4.69, 9.17) is 12.2 Å². The molecule has 1 saturated heterocycles. The van der Waals surface area contributed by atoms with E-state index in [-0.39, 0.29) is 18.7 Å². The number of aromatic nitrogens is 2. The predicted molar refractivity (Wildman–Crippen MR) is 124 cm³/mol. The quantitative estimate of drug-likeness (QED) is 0.500. The van der Waals surface area contributed by atoms with Gasteiger partial charge in [0.25, 0.3) is 0 Å². The fraction of sp³-hybridized carbons (Fsp3) is 0.333. The molecule has 2 atom stereocenters. The van der Waals surface area contributed by atoms with Gasteiger partial charge in [-0.15, -0.1) is 0 Å². The van der Waals surface area contributed by atoms with E-state index >= 15 is 0 Å². The van der Waals surface area contributed by atoms with Crippen LogP contribution in [0.4, 0.5) is 13.2 Å². The fourth-order valence-corrected chi connectivity index (χ4v) is 4.86. The number of halogens is 3. The Balaban J connectivity index is 1.81. The molecule has 2 aromatic heterocycles. The zero-order valence-electron chi connectivity index (χ0n) is 18.3. The second-order valence-corrected chi connectivity index (χ2v) is 8.49. The second kappa shape index (κ2) is 9.15. The first-order valence-corrected chi connectivity index (χ1v) is 11.1. The van der Waals surface area contributed by atoms with Crippen molar-refractivity contribution in [1.82, 2.24) is 19.8 Å². The van der Waals surface area contributed by atoms with Gasteiger partial charge in [0.05, 0.1) is 23.3 Å². The summed E-state index contributed by atoms with van der Waals surface area (Å²) in [6.07, 6.45) is -2.15. The van der Waals surface area contributed by atoms with E-state index in [1.165, 1.54) is 12.1 Å². The number of thiocarbonyl (C=S) groups is 1. The summed E-state index contributed by atoms with van der Waals surface area (Å²) in [6.45, 7) is 4.36. The molecule has 3 heterocycles. The highest BCUT2D eigenvalue weighted by Crippen LogP contribution is 2.41. The Hall–Kier alpha value is -2.91. The average molecular weight is 475 g/mol. The Bertz CT molecular complexity index is 1150. The number of alkyl halides is 3. The molecule has 0 amide bonds. The first-order chi connectivity index (χ1) is 15.7. The molecular formula is C24H25F3N4OS. The van der Waals surface area contributed by atoms with Gasteiger partial charge in [0.2, 0.25) is 0 Å². The van der Waals surface area contributed by atoms with Gasteiger partial charge in [-0.25, -0.2) is 0 Å². The molecule has 1 aromatic carbocycles. The summed E-state index contributed by atoms with van der Waals surface area (Å²) in [5.74, 6) is 0. The molecule has 2 N–H and O–H groups in total. The molecule has 2 unspecified atom stereocenters. The molecule has 1 aliphatic rings. The fourth-order valence-electron chi connectivity index (χ4n) is 4.53. The van der Waals surface area contributed by atoms with Gasteiger partial charge in [-0.2, -0.15) is 13.2 Å². The van der Waals surface area contributed by atoms with Gasteiger partial charge < -0.3 is 19.9 Å². The topological polar surface area (TPSA) is 53.3 Å². The van der Waals surface area contributed by atoms with Gasteiger partial charge in [-0.3, -0.25) is 4.98 Å². The van der Waals surface area contributed by atoms with Gasteiger partial charge in [-0.05, 0) is 74.4 Å². The molecule has 1 fully saturated rings. The number of nitrogens with one attached hydrogen (secondary N) is 1. The zero-order valence-corrected chi connectivity index (χ0v) is 19.1. The third-order valence-electron chi connectivity index (χ3n) is 5.98. The monoisotopic (exact) mass is 474 g/mol. The lowest BCUT2D eigenvalue weighted by molar-refractivity contribution is -0.137. The van der Waals surface area contributed by atoms with Crippen molar-refractivity contribution in [2.75, 3.05) is 13.2 Å². The van der Waals surface area contributed by atoms with Crippen molar-refractivity contribution in [1.29, 1.82) is 0 Å². The van der Waals surface area contributed by atoms with Crippen LogP contribution in [0.3, 0.4) is 0 Å². The summed E-state index contributed by atoms with van der Waals surface area (Å²) in [5.41, 5.74) is 3.19. The van der Waals surface area contributed by atoms with Crippen LogP contribution in [0.15, 0.2) is 54.7 Å². The molecule has 1 aliphatic heterocycles. The molecule has 5 nitrogen and oxygen atoms in total. The highest BCUT2D eigenvalue weighted by Gasteiger charge is 2.41. The molecular weight excluding hydrogens is 449 g/mol. The number of hydrogen-bond donors (Lipinski definition) is 2. The maximum Gasteiger partial charge on any atom is 0.416 e. The van der Waals surface area contributed by atoms with Crippen molar-refractivity contribution in [2.24, 2.45) is 0 Å². The van der Waals surface area contributed by atoms with E-state index < -0.39 is 11.7 Å². The van der Waals surface area contributed by atoms with Gasteiger partial charge in [-0.1, -0.05) is 12.1 Å². The summed E-state index contributed by atoms with van der Waals surface area (Å²) in [7, 11) is 0. The van der Waals surface area contributed by atoms with E-state index in [9.17, 15) is 18.3 Å². The third kappa shape index (κ3) is 4.47. The number of aliphatic hydroxyl groups excluding tert-OH is 1. The van der Waals surface area contributed by atoms with Crippen molar-refractivity contribution in [3.05, 3.63) is 82.9 Å². The zero-order chi connectivity index (χ0) is 23.8. The number of hydrogen-bond acceptors (Lipinski definition) is 3. The standard InChI is InChI=1S/C24H25F3N4OS/c1-15-13-19(16(2)31(15)18-8-5-7-17(14-18)24(25,26)27)22-21(20-9-3-4-10-28-20)29-23(33)30(22)11-6-12-32/h3-5,7-10,13-14,21-22,32H,6,11-12H2,1-2H3,(H,29,33). The molecule has 0 aliphatic carbocycles. The lowest BCUT2D eigenvalue weighted by atomic mass is 9.96. The van der Waals surface area contributed by atoms with E-state index in [0.29, 0.717) is 23.8 Å². The molecule has 0 radical (unpaired) electrons. The minimum Gasteiger partial charge on any atom is -0.396 e. The maximum absolute atomic E-state index is 13.3. The lowest BCUT2D eigenvalue weighted by Gasteiger charge is -2.28. The summed E-state index contributed by atoms with van der Waals surface area (Å²) in [6, 6.07) is 12.6. The van der Waals surface area contributed by atoms with Crippen molar-refractivity contribution < 1.29 is 18.3 Å². The van der Waals surface area contributed by atoms with Crippen LogP contribution < -0.4 is 5.32 Å². The molecule has 3 aromatic rings. The molecule has 0 saturated carbocycles. The van der Waals surface area contributed by atoms with Gasteiger partial charge >= 0.3 is 6.18 Å². The van der Waals surface area contributed by atoms with Crippen LogP contribution >= 0.6 is 12.2 Å². The SMILES string of the molecule is Cc1cc(C2C(c3ccccn3)NC(=S)N2CCCO)c(C)n1-c1cccc(C(F)(F)F)c1. The summed E-state index contributed by atoms with van der Waals surface area (Å²) >= 11 is 5.62. The molecule has 174 valence electrons. The van der Waals surface area contributed by atoms with E-state index in [1.54, 1.807) is 12.3 Å². The summed E-state index contributed by atoms with van der Waals surface area (Å²) < 4.78 is 41.8. The van der Waals surface area contributed by atoms with E-state index in [1.807, 2.05) is 47.6 Å². The third-order valence-corrected chi connectivity index (χ3v) is 6.33. The van der Waals surface area contributed by atoms with Crippen LogP contribution in [0.1, 0.15) is 46.7 Å². The van der Waals surface area contributed by atoms with Crippen molar-refractivity contribution in [3.63, 3.8) is 0 Å². The predicted octanol–water partition coefficient (Wildman–Crippen LogP) is 4.86. The Morgan fingerprint density at radius 1 is 1.12 bits per heavy atom. The number of benzene rings is 1. The normalized spacial score (nSPS) is 18.6. The highest BCUT2D eigenvalue weighted by atomic mass is 32.1. The van der Waals surface area contributed by atoms with Gasteiger partial charge in [0.1, 0.15) is 0 Å². The lowest BCUT2D eigenvalue weighted by Crippen LogP contribution is -2.31. The Morgan fingerprint density at radius 2 is 1.91 bits per heavy atom. The first kappa shape index (κ1) is 23.3. The Kier molecular flexibility index (Phi) is 6.45. The van der Waals surface area contributed by atoms with Crippen molar-refractivity contribution in [2.45, 2.75) is 38.5 Å². The van der Waals surface area contributed by atoms with E-state index in [2.05, 4.69) is 10.3 Å². The molecule has 0 spiro atoms. The molecule has 9 heteroatoms. The van der Waals surface area contributed by atoms with E-state index in [0.717, 1.165) is 28.7 Å². The first-order valence-electron chi connectivity index (χ1n) is 10.7. The number of pyridine rings is 1. The van der Waals surface area contributed by atoms with Gasteiger partial charge in [0.15, 0.2) is 5.11 Å². The summed E-state index contributed by atoms with van der Waals surface area (Å²) in [4.78, 5) is 6.54. The largest absolute Gasteiger partial charge is 0.416 e.